The molecule has 55 heavy (non-hydrogen) atoms. The van der Waals surface area contributed by atoms with Crippen molar-refractivity contribution in [2.75, 3.05) is 19.1 Å². The Labute approximate surface area is 335 Å². The van der Waals surface area contributed by atoms with Gasteiger partial charge in [-0.2, -0.15) is 0 Å². The van der Waals surface area contributed by atoms with Crippen molar-refractivity contribution in [3.8, 4) is 0 Å². The van der Waals surface area contributed by atoms with Crippen LogP contribution in [-0.2, 0) is 38.1 Å². The van der Waals surface area contributed by atoms with Crippen molar-refractivity contribution in [1.82, 2.24) is 10.2 Å². The molecule has 1 spiro atoms. The summed E-state index contributed by atoms with van der Waals surface area (Å²) in [6, 6.07) is -0.954. The van der Waals surface area contributed by atoms with E-state index in [1.807, 2.05) is 19.9 Å². The fourth-order valence-corrected chi connectivity index (χ4v) is 8.37. The van der Waals surface area contributed by atoms with Crippen molar-refractivity contribution < 1.29 is 42.9 Å². The average Bonchev–Trinajstić information content (AvgIpc) is 3.57. The Morgan fingerprint density at radius 1 is 0.927 bits per heavy atom. The van der Waals surface area contributed by atoms with Gasteiger partial charge in [0.15, 0.2) is 5.72 Å². The number of alkyl halides is 1. The Hall–Kier alpha value is -2.92. The Balaban J connectivity index is 1.36. The van der Waals surface area contributed by atoms with E-state index >= 15 is 0 Å². The van der Waals surface area contributed by atoms with E-state index in [0.717, 1.165) is 44.9 Å². The minimum Gasteiger partial charge on any atom is -0.465 e. The quantitative estimate of drug-likeness (QED) is 0.0271. The molecule has 0 radical (unpaired) electrons. The van der Waals surface area contributed by atoms with Gasteiger partial charge < -0.3 is 29.2 Å². The van der Waals surface area contributed by atoms with Crippen molar-refractivity contribution in [2.24, 2.45) is 5.92 Å². The summed E-state index contributed by atoms with van der Waals surface area (Å²) in [4.78, 5) is 65.3. The number of carbonyl (C=O) groups excluding carboxylic acids is 5. The number of nitrogens with zero attached hydrogens (tertiary/aromatic N) is 1. The second-order valence-electron chi connectivity index (χ2n) is 15.6. The SMILES string of the molecule is C=CCOC(=O)CCCCCCCCCCCCCCCOC(=O)[C@@H]1[C@H]2CC[C@@H](CC(=O)CC/C=C\[C@H](CC)OC(=O)CCl)N2C(=O)N[C@@]12CCC[C@@H](C)O2. The van der Waals surface area contributed by atoms with Gasteiger partial charge in [0, 0.05) is 25.3 Å². The molecule has 0 aliphatic carbocycles. The number of unbranched alkanes of at least 4 members (excludes halogenated alkanes) is 12. The Morgan fingerprint density at radius 2 is 1.58 bits per heavy atom. The lowest BCUT2D eigenvalue weighted by Crippen LogP contribution is -2.72. The molecule has 3 saturated heterocycles. The number of carbonyl (C=O) groups is 5. The van der Waals surface area contributed by atoms with E-state index in [1.165, 1.54) is 51.4 Å². The average molecular weight is 793 g/mol. The zero-order valence-corrected chi connectivity index (χ0v) is 34.5. The molecule has 0 bridgehead atoms. The first-order chi connectivity index (χ1) is 26.6. The Morgan fingerprint density at radius 3 is 2.20 bits per heavy atom. The first kappa shape index (κ1) is 46.5. The molecule has 1 N–H and O–H groups in total. The van der Waals surface area contributed by atoms with Gasteiger partial charge in [-0.05, 0) is 70.8 Å². The number of fused-ring (bicyclic) bond motifs is 1. The van der Waals surface area contributed by atoms with E-state index in [9.17, 15) is 24.0 Å². The number of allylic oxidation sites excluding steroid dienone is 1. The van der Waals surface area contributed by atoms with Crippen LogP contribution in [0.3, 0.4) is 0 Å². The molecule has 0 aromatic rings. The van der Waals surface area contributed by atoms with Gasteiger partial charge in [-0.3, -0.25) is 19.2 Å². The molecule has 312 valence electrons. The first-order valence-corrected chi connectivity index (χ1v) is 21.8. The van der Waals surface area contributed by atoms with Gasteiger partial charge in [0.2, 0.25) is 0 Å². The highest BCUT2D eigenvalue weighted by Crippen LogP contribution is 2.45. The Bertz CT molecular complexity index is 1240. The van der Waals surface area contributed by atoms with Crippen molar-refractivity contribution in [1.29, 1.82) is 0 Å². The number of esters is 3. The maximum atomic E-state index is 13.9. The summed E-state index contributed by atoms with van der Waals surface area (Å²) >= 11 is 5.54. The summed E-state index contributed by atoms with van der Waals surface area (Å²) in [7, 11) is 0. The summed E-state index contributed by atoms with van der Waals surface area (Å²) in [5.74, 6) is -1.76. The van der Waals surface area contributed by atoms with Crippen molar-refractivity contribution in [3.05, 3.63) is 24.8 Å². The fourth-order valence-electron chi connectivity index (χ4n) is 8.31. The molecular weight excluding hydrogens is 724 g/mol. The highest BCUT2D eigenvalue weighted by atomic mass is 35.5. The number of nitrogens with one attached hydrogen (secondary N) is 1. The van der Waals surface area contributed by atoms with Crippen LogP contribution in [0, 0.1) is 5.92 Å². The second-order valence-corrected chi connectivity index (χ2v) is 15.9. The van der Waals surface area contributed by atoms with Crippen LogP contribution in [-0.4, -0.2) is 83.7 Å². The van der Waals surface area contributed by atoms with E-state index in [2.05, 4.69) is 11.9 Å². The first-order valence-electron chi connectivity index (χ1n) is 21.3. The molecule has 3 aliphatic rings. The lowest BCUT2D eigenvalue weighted by molar-refractivity contribution is -0.204. The van der Waals surface area contributed by atoms with E-state index in [4.69, 9.17) is 30.5 Å². The molecule has 2 amide bonds. The van der Waals surface area contributed by atoms with Crippen LogP contribution < -0.4 is 5.32 Å². The smallest absolute Gasteiger partial charge is 0.321 e. The number of amides is 2. The van der Waals surface area contributed by atoms with E-state index in [0.29, 0.717) is 58.2 Å². The minimum atomic E-state index is -1.10. The molecule has 3 fully saturated rings. The van der Waals surface area contributed by atoms with Gasteiger partial charge >= 0.3 is 23.9 Å². The number of urea groups is 1. The number of hydrogen-bond donors (Lipinski definition) is 1. The van der Waals surface area contributed by atoms with Gasteiger partial charge in [0.05, 0.1) is 18.8 Å². The minimum absolute atomic E-state index is 0.0415. The monoisotopic (exact) mass is 792 g/mol. The van der Waals surface area contributed by atoms with Crippen molar-refractivity contribution >= 4 is 41.3 Å². The lowest BCUT2D eigenvalue weighted by Gasteiger charge is -2.52. The van der Waals surface area contributed by atoms with Crippen molar-refractivity contribution in [3.63, 3.8) is 0 Å². The van der Waals surface area contributed by atoms with Crippen LogP contribution in [0.4, 0.5) is 4.79 Å². The third-order valence-corrected chi connectivity index (χ3v) is 11.4. The maximum Gasteiger partial charge on any atom is 0.321 e. The number of hydrogen-bond acceptors (Lipinski definition) is 9. The molecule has 11 nitrogen and oxygen atoms in total. The van der Waals surface area contributed by atoms with Crippen LogP contribution in [0.2, 0.25) is 0 Å². The molecule has 3 rings (SSSR count). The predicted octanol–water partition coefficient (Wildman–Crippen LogP) is 9.03. The van der Waals surface area contributed by atoms with Crippen LogP contribution in [0.1, 0.15) is 162 Å². The Kier molecular flexibility index (Phi) is 22.0. The highest BCUT2D eigenvalue weighted by Gasteiger charge is 2.60. The lowest BCUT2D eigenvalue weighted by atomic mass is 9.80. The predicted molar refractivity (Wildman–Crippen MR) is 213 cm³/mol. The maximum absolute atomic E-state index is 13.9. The molecule has 3 aliphatic heterocycles. The van der Waals surface area contributed by atoms with Crippen LogP contribution in [0.15, 0.2) is 24.8 Å². The normalized spacial score (nSPS) is 24.0. The topological polar surface area (TPSA) is 138 Å². The number of ether oxygens (including phenoxy) is 4. The molecule has 0 aromatic carbocycles. The zero-order valence-electron chi connectivity index (χ0n) is 33.7. The third kappa shape index (κ3) is 16.2. The number of halogens is 1. The number of ketones is 1. The number of Topliss-reactive ketones (excluding diaryl/α,β-unsaturated/α-hetero) is 1. The molecular formula is C43H69ClN2O9. The van der Waals surface area contributed by atoms with E-state index in [1.54, 1.807) is 17.1 Å². The summed E-state index contributed by atoms with van der Waals surface area (Å²) in [6.45, 7) is 8.08. The van der Waals surface area contributed by atoms with Crippen LogP contribution in [0.5, 0.6) is 0 Å². The largest absolute Gasteiger partial charge is 0.465 e. The van der Waals surface area contributed by atoms with E-state index < -0.39 is 17.6 Å². The van der Waals surface area contributed by atoms with Gasteiger partial charge in [-0.25, -0.2) is 4.79 Å². The fraction of sp³-hybridized carbons (Fsp3) is 0.791. The zero-order chi connectivity index (χ0) is 39.9. The van der Waals surface area contributed by atoms with Gasteiger partial charge in [0.25, 0.3) is 0 Å². The standard InChI is InChI=1S/C43H69ClN2O9/c1-4-29-52-38(48)25-17-15-13-11-9-7-6-8-10-12-14-16-20-30-53-41(50)40-37-27-26-34(46(37)42(51)45-43(40)28-21-22-33(3)55-43)31-35(47)23-18-19-24-36(5-2)54-39(49)32-44/h4,19,24,33-34,36-37,40H,1,5-18,20-23,25-32H2,2-3H3,(H,45,51)/b24-19-/t33-,34+,36+,37-,40+,43-/m1/s1. The van der Waals surface area contributed by atoms with Crippen LogP contribution >= 0.6 is 11.6 Å². The molecule has 0 saturated carbocycles. The van der Waals surface area contributed by atoms with Gasteiger partial charge in [0.1, 0.15) is 30.3 Å². The molecule has 12 heteroatoms. The van der Waals surface area contributed by atoms with Crippen molar-refractivity contribution in [2.45, 2.75) is 192 Å². The molecule has 6 atom stereocenters. The summed E-state index contributed by atoms with van der Waals surface area (Å²) in [6.07, 6.45) is 25.1. The summed E-state index contributed by atoms with van der Waals surface area (Å²) in [5, 5.41) is 3.10. The summed E-state index contributed by atoms with van der Waals surface area (Å²) in [5.41, 5.74) is -1.10. The molecule has 3 heterocycles. The van der Waals surface area contributed by atoms with Gasteiger partial charge in [-0.1, -0.05) is 96.3 Å². The summed E-state index contributed by atoms with van der Waals surface area (Å²) < 4.78 is 22.6. The van der Waals surface area contributed by atoms with Crippen LogP contribution in [0.25, 0.3) is 0 Å². The number of rotatable bonds is 28. The van der Waals surface area contributed by atoms with E-state index in [-0.39, 0.29) is 60.3 Å². The third-order valence-electron chi connectivity index (χ3n) is 11.1. The second kappa shape index (κ2) is 26.1. The molecule has 0 unspecified atom stereocenters. The molecule has 0 aromatic heterocycles. The van der Waals surface area contributed by atoms with Gasteiger partial charge in [-0.15, -0.1) is 11.6 Å². The highest BCUT2D eigenvalue weighted by molar-refractivity contribution is 6.26.